The second-order valence-electron chi connectivity index (χ2n) is 4.90. The van der Waals surface area contributed by atoms with Crippen molar-refractivity contribution in [2.24, 2.45) is 17.6 Å². The van der Waals surface area contributed by atoms with Crippen LogP contribution in [0.5, 0.6) is 0 Å². The van der Waals surface area contributed by atoms with E-state index < -0.39 is 0 Å². The minimum absolute atomic E-state index is 0.0174. The number of hydrogen-bond acceptors (Lipinski definition) is 2. The predicted octanol–water partition coefficient (Wildman–Crippen LogP) is 1.66. The Morgan fingerprint density at radius 2 is 2.07 bits per heavy atom. The molecule has 0 saturated heterocycles. The molecule has 15 heavy (non-hydrogen) atoms. The van der Waals surface area contributed by atoms with Crippen LogP contribution in [-0.4, -0.2) is 18.0 Å². The number of amides is 1. The number of nitrogens with two attached hydrogens (primary N) is 1. The van der Waals surface area contributed by atoms with Crippen LogP contribution in [-0.2, 0) is 4.79 Å². The van der Waals surface area contributed by atoms with E-state index in [4.69, 9.17) is 5.73 Å². The Bertz CT molecular complexity index is 214. The van der Waals surface area contributed by atoms with E-state index in [2.05, 4.69) is 19.2 Å². The van der Waals surface area contributed by atoms with Gasteiger partial charge in [0.15, 0.2) is 0 Å². The SMILES string of the molecule is CC[C@H](C)[C@H](N)C(=O)NC(C)C1CCC1. The summed E-state index contributed by atoms with van der Waals surface area (Å²) in [6, 6.07) is -0.0566. The number of rotatable bonds is 5. The van der Waals surface area contributed by atoms with Gasteiger partial charge in [-0.1, -0.05) is 26.7 Å². The lowest BCUT2D eigenvalue weighted by molar-refractivity contribution is -0.124. The van der Waals surface area contributed by atoms with Gasteiger partial charge >= 0.3 is 0 Å². The maximum absolute atomic E-state index is 11.8. The molecule has 0 aromatic heterocycles. The van der Waals surface area contributed by atoms with Crippen LogP contribution >= 0.6 is 0 Å². The van der Waals surface area contributed by atoms with Crippen molar-refractivity contribution in [3.05, 3.63) is 0 Å². The van der Waals surface area contributed by atoms with Crippen molar-refractivity contribution in [2.75, 3.05) is 0 Å². The van der Waals surface area contributed by atoms with Crippen LogP contribution in [0.15, 0.2) is 0 Å². The zero-order valence-corrected chi connectivity index (χ0v) is 10.1. The fourth-order valence-corrected chi connectivity index (χ4v) is 1.89. The van der Waals surface area contributed by atoms with Gasteiger partial charge in [0, 0.05) is 6.04 Å². The molecule has 88 valence electrons. The molecule has 3 heteroatoms. The van der Waals surface area contributed by atoms with Crippen molar-refractivity contribution in [2.45, 2.75) is 58.5 Å². The van der Waals surface area contributed by atoms with Gasteiger partial charge in [0.05, 0.1) is 6.04 Å². The van der Waals surface area contributed by atoms with Gasteiger partial charge in [-0.05, 0) is 31.6 Å². The van der Waals surface area contributed by atoms with Crippen LogP contribution in [0.1, 0.15) is 46.5 Å². The van der Waals surface area contributed by atoms with E-state index in [1.807, 2.05) is 6.92 Å². The summed E-state index contributed by atoms with van der Waals surface area (Å²) in [5.41, 5.74) is 5.87. The molecule has 0 aromatic carbocycles. The molecule has 3 atom stereocenters. The minimum atomic E-state index is -0.350. The number of carbonyl (C=O) groups is 1. The Morgan fingerprint density at radius 3 is 2.47 bits per heavy atom. The van der Waals surface area contributed by atoms with Gasteiger partial charge < -0.3 is 11.1 Å². The number of nitrogens with one attached hydrogen (secondary N) is 1. The Morgan fingerprint density at radius 1 is 1.47 bits per heavy atom. The summed E-state index contributed by atoms with van der Waals surface area (Å²) >= 11 is 0. The van der Waals surface area contributed by atoms with Crippen molar-refractivity contribution in [3.63, 3.8) is 0 Å². The largest absolute Gasteiger partial charge is 0.352 e. The molecule has 1 saturated carbocycles. The first-order valence-electron chi connectivity index (χ1n) is 6.12. The number of hydrogen-bond donors (Lipinski definition) is 2. The van der Waals surface area contributed by atoms with Gasteiger partial charge in [-0.25, -0.2) is 0 Å². The van der Waals surface area contributed by atoms with Gasteiger partial charge in [0.2, 0.25) is 5.91 Å². The molecule has 1 aliphatic rings. The van der Waals surface area contributed by atoms with E-state index in [1.165, 1.54) is 19.3 Å². The summed E-state index contributed by atoms with van der Waals surface area (Å²) in [5, 5.41) is 3.03. The molecule has 3 N–H and O–H groups in total. The maximum atomic E-state index is 11.8. The molecule has 0 radical (unpaired) electrons. The van der Waals surface area contributed by atoms with Gasteiger partial charge in [0.25, 0.3) is 0 Å². The smallest absolute Gasteiger partial charge is 0.237 e. The summed E-state index contributed by atoms with van der Waals surface area (Å²) in [4.78, 5) is 11.8. The van der Waals surface area contributed by atoms with E-state index in [9.17, 15) is 4.79 Å². The van der Waals surface area contributed by atoms with E-state index in [-0.39, 0.29) is 17.9 Å². The lowest BCUT2D eigenvalue weighted by Gasteiger charge is -2.33. The molecule has 0 aliphatic heterocycles. The standard InChI is InChI=1S/C12H24N2O/c1-4-8(2)11(13)12(15)14-9(3)10-6-5-7-10/h8-11H,4-7,13H2,1-3H3,(H,14,15)/t8-,9?,11-/m0/s1. The van der Waals surface area contributed by atoms with Crippen molar-refractivity contribution in [1.82, 2.24) is 5.32 Å². The van der Waals surface area contributed by atoms with E-state index in [1.54, 1.807) is 0 Å². The third-order valence-corrected chi connectivity index (χ3v) is 3.79. The highest BCUT2D eigenvalue weighted by molar-refractivity contribution is 5.82. The molecule has 1 rings (SSSR count). The quantitative estimate of drug-likeness (QED) is 0.728. The highest BCUT2D eigenvalue weighted by Crippen LogP contribution is 2.29. The molecule has 0 spiro atoms. The van der Waals surface area contributed by atoms with Gasteiger partial charge in [-0.2, -0.15) is 0 Å². The average molecular weight is 212 g/mol. The van der Waals surface area contributed by atoms with Crippen molar-refractivity contribution < 1.29 is 4.79 Å². The highest BCUT2D eigenvalue weighted by Gasteiger charge is 2.27. The van der Waals surface area contributed by atoms with Crippen LogP contribution < -0.4 is 11.1 Å². The van der Waals surface area contributed by atoms with Crippen LogP contribution in [0, 0.1) is 11.8 Å². The van der Waals surface area contributed by atoms with Gasteiger partial charge in [0.1, 0.15) is 0 Å². The van der Waals surface area contributed by atoms with E-state index >= 15 is 0 Å². The summed E-state index contributed by atoms with van der Waals surface area (Å²) in [5.74, 6) is 0.959. The monoisotopic (exact) mass is 212 g/mol. The summed E-state index contributed by atoms with van der Waals surface area (Å²) in [6.45, 7) is 6.18. The third-order valence-electron chi connectivity index (χ3n) is 3.79. The first-order chi connectivity index (χ1) is 7.06. The Labute approximate surface area is 92.8 Å². The van der Waals surface area contributed by atoms with E-state index in [0.717, 1.165) is 6.42 Å². The summed E-state index contributed by atoms with van der Waals surface area (Å²) in [6.07, 6.45) is 4.76. The molecule has 1 unspecified atom stereocenters. The lowest BCUT2D eigenvalue weighted by atomic mass is 9.80. The van der Waals surface area contributed by atoms with Crippen LogP contribution in [0.4, 0.5) is 0 Å². The zero-order valence-electron chi connectivity index (χ0n) is 10.1. The molecular formula is C12H24N2O. The summed E-state index contributed by atoms with van der Waals surface area (Å²) in [7, 11) is 0. The second kappa shape index (κ2) is 5.50. The zero-order chi connectivity index (χ0) is 11.4. The Hall–Kier alpha value is -0.570. The van der Waals surface area contributed by atoms with Crippen LogP contribution in [0.2, 0.25) is 0 Å². The molecule has 0 heterocycles. The first kappa shape index (κ1) is 12.5. The maximum Gasteiger partial charge on any atom is 0.237 e. The Balaban J connectivity index is 2.33. The van der Waals surface area contributed by atoms with Crippen LogP contribution in [0.3, 0.4) is 0 Å². The number of carbonyl (C=O) groups excluding carboxylic acids is 1. The van der Waals surface area contributed by atoms with Crippen molar-refractivity contribution in [3.8, 4) is 0 Å². The molecule has 3 nitrogen and oxygen atoms in total. The predicted molar refractivity (Wildman–Crippen MR) is 62.4 cm³/mol. The normalized spacial score (nSPS) is 22.7. The molecule has 0 aromatic rings. The van der Waals surface area contributed by atoms with Crippen molar-refractivity contribution >= 4 is 5.91 Å². The van der Waals surface area contributed by atoms with Crippen LogP contribution in [0.25, 0.3) is 0 Å². The highest BCUT2D eigenvalue weighted by atomic mass is 16.2. The fraction of sp³-hybridized carbons (Fsp3) is 0.917. The molecule has 1 amide bonds. The first-order valence-corrected chi connectivity index (χ1v) is 6.12. The third kappa shape index (κ3) is 3.20. The second-order valence-corrected chi connectivity index (χ2v) is 4.90. The molecular weight excluding hydrogens is 188 g/mol. The molecule has 0 bridgehead atoms. The summed E-state index contributed by atoms with van der Waals surface area (Å²) < 4.78 is 0. The molecule has 1 aliphatic carbocycles. The molecule has 1 fully saturated rings. The Kier molecular flexibility index (Phi) is 4.58. The fourth-order valence-electron chi connectivity index (χ4n) is 1.89. The minimum Gasteiger partial charge on any atom is -0.352 e. The lowest BCUT2D eigenvalue weighted by Crippen LogP contribution is -2.50. The van der Waals surface area contributed by atoms with Crippen molar-refractivity contribution in [1.29, 1.82) is 0 Å². The van der Waals surface area contributed by atoms with Gasteiger partial charge in [-0.3, -0.25) is 4.79 Å². The average Bonchev–Trinajstić information content (AvgIpc) is 2.12. The van der Waals surface area contributed by atoms with E-state index in [0.29, 0.717) is 12.0 Å². The topological polar surface area (TPSA) is 55.1 Å². The van der Waals surface area contributed by atoms with Gasteiger partial charge in [-0.15, -0.1) is 0 Å².